The molecule has 44 heavy (non-hydrogen) atoms. The van der Waals surface area contributed by atoms with E-state index < -0.39 is 21.8 Å². The van der Waals surface area contributed by atoms with Crippen LogP contribution in [0.2, 0.25) is 0 Å². The van der Waals surface area contributed by atoms with E-state index in [0.29, 0.717) is 46.4 Å². The number of hydrogen-bond acceptors (Lipinski definition) is 8. The minimum absolute atomic E-state index is 0. The van der Waals surface area contributed by atoms with E-state index in [4.69, 9.17) is 14.6 Å². The number of hydrogen-bond donors (Lipinski definition) is 1. The van der Waals surface area contributed by atoms with Crippen LogP contribution in [0.3, 0.4) is 0 Å². The van der Waals surface area contributed by atoms with Gasteiger partial charge in [-0.05, 0) is 82.3 Å². The second kappa shape index (κ2) is 14.3. The Balaban J connectivity index is 0.00000442. The fourth-order valence-electron chi connectivity index (χ4n) is 5.42. The van der Waals surface area contributed by atoms with Gasteiger partial charge in [0.25, 0.3) is 0 Å². The summed E-state index contributed by atoms with van der Waals surface area (Å²) in [4.78, 5) is 10.7. The molecule has 0 unspecified atom stereocenters. The van der Waals surface area contributed by atoms with Crippen molar-refractivity contribution in [1.29, 1.82) is 10.5 Å². The molecule has 0 aliphatic heterocycles. The number of carbonyl (C=O) groups is 1. The van der Waals surface area contributed by atoms with Gasteiger partial charge in [0.1, 0.15) is 23.6 Å². The number of carboxylic acids is 1. The summed E-state index contributed by atoms with van der Waals surface area (Å²) < 4.78 is 44.3. The molecule has 218 valence electrons. The number of carboxylic acid groups (broad SMARTS) is 1. The van der Waals surface area contributed by atoms with Gasteiger partial charge in [0.05, 0.1) is 34.5 Å². The van der Waals surface area contributed by atoms with Crippen molar-refractivity contribution in [3.05, 3.63) is 71.8 Å². The molecule has 5 aromatic rings. The summed E-state index contributed by atoms with van der Waals surface area (Å²) in [6.07, 6.45) is 2.33. The van der Waals surface area contributed by atoms with Crippen LogP contribution < -0.4 is 39.0 Å². The summed E-state index contributed by atoms with van der Waals surface area (Å²) in [7, 11) is -4.31. The smallest absolute Gasteiger partial charge is 0.748 e. The Labute approximate surface area is 276 Å². The predicted molar refractivity (Wildman–Crippen MR) is 162 cm³/mol. The molecule has 0 saturated carbocycles. The van der Waals surface area contributed by atoms with Crippen molar-refractivity contribution in [3.63, 3.8) is 0 Å². The number of ether oxygens (including phenoxy) is 2. The van der Waals surface area contributed by atoms with Gasteiger partial charge < -0.3 is 19.1 Å². The third-order valence-electron chi connectivity index (χ3n) is 7.36. The van der Waals surface area contributed by atoms with Crippen LogP contribution in [0, 0.1) is 22.7 Å². The van der Waals surface area contributed by atoms with Gasteiger partial charge in [-0.1, -0.05) is 36.4 Å². The van der Waals surface area contributed by atoms with Crippen LogP contribution in [0.25, 0.3) is 43.1 Å². The molecule has 0 radical (unpaired) electrons. The van der Waals surface area contributed by atoms with E-state index in [9.17, 15) is 28.3 Å². The normalized spacial score (nSPS) is 11.2. The van der Waals surface area contributed by atoms with E-state index in [1.165, 1.54) is 0 Å². The van der Waals surface area contributed by atoms with Crippen molar-refractivity contribution >= 4 is 59.2 Å². The van der Waals surface area contributed by atoms with Crippen molar-refractivity contribution in [1.82, 2.24) is 0 Å². The number of aliphatic carboxylic acids is 1. The molecule has 0 spiro atoms. The number of nitriles is 2. The molecule has 0 bridgehead atoms. The Bertz CT molecular complexity index is 2080. The molecule has 0 fully saturated rings. The van der Waals surface area contributed by atoms with E-state index in [1.54, 1.807) is 6.07 Å². The van der Waals surface area contributed by atoms with Crippen molar-refractivity contribution in [2.45, 2.75) is 32.1 Å². The van der Waals surface area contributed by atoms with Crippen LogP contribution in [-0.2, 0) is 14.9 Å². The van der Waals surface area contributed by atoms with Gasteiger partial charge in [0, 0.05) is 22.9 Å². The van der Waals surface area contributed by atoms with E-state index in [0.717, 1.165) is 45.2 Å². The molecule has 0 aromatic heterocycles. The molecule has 0 saturated heterocycles. The second-order valence-corrected chi connectivity index (χ2v) is 11.8. The van der Waals surface area contributed by atoms with Crippen LogP contribution in [0.15, 0.2) is 60.7 Å². The third-order valence-corrected chi connectivity index (χ3v) is 8.14. The summed E-state index contributed by atoms with van der Waals surface area (Å²) >= 11 is 0. The Hall–Kier alpha value is -3.90. The zero-order valence-corrected chi connectivity index (χ0v) is 26.9. The maximum Gasteiger partial charge on any atom is 1.00 e. The zero-order chi connectivity index (χ0) is 30.6. The average Bonchev–Trinajstić information content (AvgIpc) is 2.98. The number of fused-ring (bicyclic) bond motifs is 7. The quantitative estimate of drug-likeness (QED) is 0.0957. The number of unbranched alkanes of at least 4 members (excludes halogenated alkanes) is 2. The van der Waals surface area contributed by atoms with Crippen LogP contribution >= 0.6 is 0 Å². The first-order valence-electron chi connectivity index (χ1n) is 13.8. The Morgan fingerprint density at radius 3 is 1.66 bits per heavy atom. The second-order valence-electron chi connectivity index (χ2n) is 10.2. The minimum atomic E-state index is -4.31. The first-order chi connectivity index (χ1) is 20.7. The van der Waals surface area contributed by atoms with Crippen LogP contribution in [0.5, 0.6) is 11.5 Å². The first kappa shape index (κ1) is 33.0. The van der Waals surface area contributed by atoms with Gasteiger partial charge in [-0.2, -0.15) is 10.5 Å². The molecule has 5 aromatic carbocycles. The van der Waals surface area contributed by atoms with E-state index in [2.05, 4.69) is 12.1 Å². The predicted octanol–water partition coefficient (Wildman–Crippen LogP) is 3.38. The Kier molecular flexibility index (Phi) is 10.7. The van der Waals surface area contributed by atoms with Gasteiger partial charge in [0.2, 0.25) is 0 Å². The number of benzene rings is 5. The van der Waals surface area contributed by atoms with E-state index in [1.807, 2.05) is 54.6 Å². The Morgan fingerprint density at radius 1 is 0.727 bits per heavy atom. The summed E-state index contributed by atoms with van der Waals surface area (Å²) in [6.45, 7) is 0.540. The van der Waals surface area contributed by atoms with Gasteiger partial charge in [-0.25, -0.2) is 8.42 Å². The molecule has 1 N–H and O–H groups in total. The van der Waals surface area contributed by atoms with Crippen LogP contribution in [0.1, 0.15) is 43.2 Å². The van der Waals surface area contributed by atoms with E-state index >= 15 is 0 Å². The van der Waals surface area contributed by atoms with Gasteiger partial charge in [-0.15, -0.1) is 0 Å². The maximum atomic E-state index is 10.9. The van der Waals surface area contributed by atoms with Gasteiger partial charge in [0.15, 0.2) is 0 Å². The molecule has 0 aliphatic rings. The van der Waals surface area contributed by atoms with Crippen LogP contribution in [0.4, 0.5) is 0 Å². The van der Waals surface area contributed by atoms with Crippen LogP contribution in [-0.4, -0.2) is 43.0 Å². The number of nitrogens with zero attached hydrogens (tertiary/aromatic N) is 2. The van der Waals surface area contributed by atoms with Crippen molar-refractivity contribution in [3.8, 4) is 23.6 Å². The third kappa shape index (κ3) is 7.24. The number of rotatable bonds is 12. The maximum absolute atomic E-state index is 10.9. The minimum Gasteiger partial charge on any atom is -0.748 e. The zero-order valence-electron chi connectivity index (χ0n) is 24.1. The molecule has 0 amide bonds. The first-order valence-corrected chi connectivity index (χ1v) is 15.4. The summed E-state index contributed by atoms with van der Waals surface area (Å²) in [6, 6.07) is 23.1. The van der Waals surface area contributed by atoms with Gasteiger partial charge in [-0.3, -0.25) is 4.79 Å². The molecule has 5 rings (SSSR count). The van der Waals surface area contributed by atoms with Crippen molar-refractivity contribution < 1.29 is 61.9 Å². The summed E-state index contributed by atoms with van der Waals surface area (Å²) in [5.74, 6) is -0.102. The van der Waals surface area contributed by atoms with Crippen molar-refractivity contribution in [2.24, 2.45) is 0 Å². The largest absolute Gasteiger partial charge is 1.00 e. The SMILES string of the molecule is N#Cc1c(C#N)c2ccc3cc(OCCCS(=O)(=O)[O-])ccc3c2c2c1ccc1cc(OCCCCCC(=O)O)ccc12.[Na+]. The fraction of sp³-hybridized carbons (Fsp3) is 0.242. The monoisotopic (exact) mass is 618 g/mol. The molecule has 0 aliphatic carbocycles. The summed E-state index contributed by atoms with van der Waals surface area (Å²) in [5, 5.41) is 35.4. The van der Waals surface area contributed by atoms with E-state index in [-0.39, 0.29) is 49.0 Å². The topological polar surface area (TPSA) is 161 Å². The molecule has 9 nitrogen and oxygen atoms in total. The summed E-state index contributed by atoms with van der Waals surface area (Å²) in [5.41, 5.74) is 0.606. The molecule has 0 heterocycles. The fourth-order valence-corrected chi connectivity index (χ4v) is 5.89. The van der Waals surface area contributed by atoms with Gasteiger partial charge >= 0.3 is 35.5 Å². The Morgan fingerprint density at radius 2 is 1.20 bits per heavy atom. The standard InChI is InChI=1S/C33H28N2O7S.Na/c34-19-29-27-10-6-21-17-23(41-14-3-1-2-5-31(36)37)8-12-25(21)32(27)33-26-13-9-24(42-15-4-16-43(38,39)40)18-22(26)7-11-28(33)30(29)20-35;/h6-13,17-18H,1-5,14-16H2,(H,36,37)(H,38,39,40);/q;+1/p-1. The molecular formula is C33H27N2NaO7S. The molecule has 11 heteroatoms. The van der Waals surface area contributed by atoms with Crippen molar-refractivity contribution in [2.75, 3.05) is 19.0 Å². The molecular weight excluding hydrogens is 591 g/mol. The average molecular weight is 619 g/mol. The molecule has 0 atom stereocenters.